The molecule has 1 saturated carbocycles. The van der Waals surface area contributed by atoms with Gasteiger partial charge in [0.1, 0.15) is 0 Å². The summed E-state index contributed by atoms with van der Waals surface area (Å²) >= 11 is 0. The first-order chi connectivity index (χ1) is 13.5. The Morgan fingerprint density at radius 2 is 1.75 bits per heavy atom. The predicted octanol–water partition coefficient (Wildman–Crippen LogP) is 2.14. The van der Waals surface area contributed by atoms with Crippen molar-refractivity contribution < 1.29 is 9.59 Å². The Bertz CT molecular complexity index is 664. The number of nitrogens with two attached hydrogens (primary N) is 1. The first-order valence-electron chi connectivity index (χ1n) is 10.6. The first kappa shape index (κ1) is 20.6. The van der Waals surface area contributed by atoms with Crippen molar-refractivity contribution in [2.45, 2.75) is 51.0 Å². The lowest BCUT2D eigenvalue weighted by Gasteiger charge is -2.37. The highest BCUT2D eigenvalue weighted by atomic mass is 16.2. The van der Waals surface area contributed by atoms with E-state index in [1.54, 1.807) is 0 Å². The van der Waals surface area contributed by atoms with Crippen molar-refractivity contribution in [2.75, 3.05) is 45.5 Å². The third-order valence-corrected chi connectivity index (χ3v) is 6.26. The van der Waals surface area contributed by atoms with E-state index in [-0.39, 0.29) is 11.8 Å². The Labute approximate surface area is 168 Å². The van der Waals surface area contributed by atoms with Crippen LogP contribution in [0.5, 0.6) is 0 Å². The SMILES string of the molecule is CN(C(=O)CN1CCN(C(=O)CCc2ccccc2N)CC1)C1CCCCC1. The average molecular weight is 387 g/mol. The molecular weight excluding hydrogens is 352 g/mol. The number of hydrogen-bond acceptors (Lipinski definition) is 4. The minimum atomic E-state index is 0.175. The molecule has 0 unspecified atom stereocenters. The largest absolute Gasteiger partial charge is 0.399 e. The molecule has 2 amide bonds. The molecule has 0 bridgehead atoms. The molecule has 0 atom stereocenters. The van der Waals surface area contributed by atoms with Gasteiger partial charge in [-0.05, 0) is 30.9 Å². The molecule has 0 aromatic heterocycles. The highest BCUT2D eigenvalue weighted by Gasteiger charge is 2.26. The molecule has 2 N–H and O–H groups in total. The van der Waals surface area contributed by atoms with Crippen LogP contribution in [0.15, 0.2) is 24.3 Å². The van der Waals surface area contributed by atoms with E-state index in [0.29, 0.717) is 38.5 Å². The maximum Gasteiger partial charge on any atom is 0.236 e. The van der Waals surface area contributed by atoms with Crippen molar-refractivity contribution in [1.82, 2.24) is 14.7 Å². The number of para-hydroxylation sites is 1. The lowest BCUT2D eigenvalue weighted by Crippen LogP contribution is -2.52. The summed E-state index contributed by atoms with van der Waals surface area (Å²) < 4.78 is 0. The van der Waals surface area contributed by atoms with Crippen LogP contribution >= 0.6 is 0 Å². The second-order valence-corrected chi connectivity index (χ2v) is 8.15. The number of amides is 2. The number of hydrogen-bond donors (Lipinski definition) is 1. The Morgan fingerprint density at radius 3 is 2.43 bits per heavy atom. The highest BCUT2D eigenvalue weighted by Crippen LogP contribution is 2.22. The number of carbonyl (C=O) groups is 2. The lowest BCUT2D eigenvalue weighted by molar-refractivity contribution is -0.136. The van der Waals surface area contributed by atoms with E-state index in [0.717, 1.165) is 37.2 Å². The third-order valence-electron chi connectivity index (χ3n) is 6.26. The molecule has 3 rings (SSSR count). The fourth-order valence-corrected chi connectivity index (χ4v) is 4.29. The number of piperazine rings is 1. The van der Waals surface area contributed by atoms with Crippen molar-refractivity contribution in [3.63, 3.8) is 0 Å². The quantitative estimate of drug-likeness (QED) is 0.761. The van der Waals surface area contributed by atoms with Gasteiger partial charge in [-0.1, -0.05) is 37.5 Å². The second kappa shape index (κ2) is 9.92. The van der Waals surface area contributed by atoms with E-state index >= 15 is 0 Å². The molecule has 1 saturated heterocycles. The topological polar surface area (TPSA) is 69.9 Å². The van der Waals surface area contributed by atoms with Crippen molar-refractivity contribution in [2.24, 2.45) is 0 Å². The Hall–Kier alpha value is -2.08. The van der Waals surface area contributed by atoms with Crippen LogP contribution in [-0.2, 0) is 16.0 Å². The highest BCUT2D eigenvalue weighted by molar-refractivity contribution is 5.79. The molecule has 1 aliphatic heterocycles. The van der Waals surface area contributed by atoms with E-state index in [2.05, 4.69) is 4.90 Å². The molecule has 154 valence electrons. The van der Waals surface area contributed by atoms with E-state index in [4.69, 9.17) is 5.73 Å². The van der Waals surface area contributed by atoms with Crippen LogP contribution in [0.3, 0.4) is 0 Å². The monoisotopic (exact) mass is 386 g/mol. The van der Waals surface area contributed by atoms with E-state index in [1.165, 1.54) is 19.3 Å². The molecule has 2 aliphatic rings. The van der Waals surface area contributed by atoms with Crippen LogP contribution in [0, 0.1) is 0 Å². The van der Waals surface area contributed by atoms with E-state index < -0.39 is 0 Å². The normalized spacial score (nSPS) is 18.8. The minimum absolute atomic E-state index is 0.175. The summed E-state index contributed by atoms with van der Waals surface area (Å²) in [5.41, 5.74) is 7.74. The zero-order valence-corrected chi connectivity index (χ0v) is 17.1. The van der Waals surface area contributed by atoms with Crippen LogP contribution in [0.25, 0.3) is 0 Å². The van der Waals surface area contributed by atoms with E-state index in [9.17, 15) is 9.59 Å². The standard InChI is InChI=1S/C22H34N4O2/c1-24(19-8-3-2-4-9-19)22(28)17-25-13-15-26(16-14-25)21(27)12-11-18-7-5-6-10-20(18)23/h5-7,10,19H,2-4,8-9,11-17,23H2,1H3. The van der Waals surface area contributed by atoms with E-state index in [1.807, 2.05) is 41.1 Å². The Balaban J connectivity index is 1.39. The zero-order chi connectivity index (χ0) is 19.9. The molecule has 6 heteroatoms. The summed E-state index contributed by atoms with van der Waals surface area (Å²) in [6, 6.07) is 8.13. The molecule has 2 fully saturated rings. The van der Waals surface area contributed by atoms with Crippen molar-refractivity contribution in [1.29, 1.82) is 0 Å². The van der Waals surface area contributed by atoms with Crippen LogP contribution in [-0.4, -0.2) is 72.3 Å². The van der Waals surface area contributed by atoms with Gasteiger partial charge in [-0.3, -0.25) is 14.5 Å². The number of aryl methyl sites for hydroxylation is 1. The minimum Gasteiger partial charge on any atom is -0.399 e. The molecule has 1 aromatic carbocycles. The van der Waals surface area contributed by atoms with Gasteiger partial charge in [-0.25, -0.2) is 0 Å². The van der Waals surface area contributed by atoms with Gasteiger partial charge in [-0.2, -0.15) is 0 Å². The van der Waals surface area contributed by atoms with Crippen molar-refractivity contribution in [3.8, 4) is 0 Å². The maximum atomic E-state index is 12.6. The number of carbonyl (C=O) groups excluding carboxylic acids is 2. The predicted molar refractivity (Wildman–Crippen MR) is 112 cm³/mol. The number of rotatable bonds is 6. The summed E-state index contributed by atoms with van der Waals surface area (Å²) in [7, 11) is 1.95. The zero-order valence-electron chi connectivity index (χ0n) is 17.1. The van der Waals surface area contributed by atoms with Crippen LogP contribution in [0.4, 0.5) is 5.69 Å². The lowest BCUT2D eigenvalue weighted by atomic mass is 9.94. The van der Waals surface area contributed by atoms with Gasteiger partial charge >= 0.3 is 0 Å². The molecular formula is C22H34N4O2. The molecule has 0 radical (unpaired) electrons. The Kier molecular flexibility index (Phi) is 7.31. The fraction of sp³-hybridized carbons (Fsp3) is 0.636. The molecule has 28 heavy (non-hydrogen) atoms. The number of anilines is 1. The first-order valence-corrected chi connectivity index (χ1v) is 10.6. The molecule has 1 aromatic rings. The molecule has 1 heterocycles. The van der Waals surface area contributed by atoms with Gasteiger partial charge in [0.05, 0.1) is 6.54 Å². The molecule has 6 nitrogen and oxygen atoms in total. The molecule has 0 spiro atoms. The number of nitrogens with zero attached hydrogens (tertiary/aromatic N) is 3. The second-order valence-electron chi connectivity index (χ2n) is 8.15. The number of benzene rings is 1. The molecule has 1 aliphatic carbocycles. The third kappa shape index (κ3) is 5.47. The van der Waals surface area contributed by atoms with Gasteiger partial charge < -0.3 is 15.5 Å². The maximum absolute atomic E-state index is 12.6. The average Bonchev–Trinajstić information content (AvgIpc) is 2.73. The fourth-order valence-electron chi connectivity index (χ4n) is 4.29. The smallest absolute Gasteiger partial charge is 0.236 e. The van der Waals surface area contributed by atoms with Crippen LogP contribution in [0.1, 0.15) is 44.1 Å². The summed E-state index contributed by atoms with van der Waals surface area (Å²) in [6.45, 7) is 3.40. The van der Waals surface area contributed by atoms with Gasteiger partial charge in [0.15, 0.2) is 0 Å². The van der Waals surface area contributed by atoms with Gasteiger partial charge in [0.25, 0.3) is 0 Å². The van der Waals surface area contributed by atoms with Crippen molar-refractivity contribution in [3.05, 3.63) is 29.8 Å². The Morgan fingerprint density at radius 1 is 1.07 bits per heavy atom. The van der Waals surface area contributed by atoms with Gasteiger partial charge in [-0.15, -0.1) is 0 Å². The number of nitrogen functional groups attached to an aromatic ring is 1. The van der Waals surface area contributed by atoms with Crippen LogP contribution in [0.2, 0.25) is 0 Å². The van der Waals surface area contributed by atoms with Crippen molar-refractivity contribution >= 4 is 17.5 Å². The summed E-state index contributed by atoms with van der Waals surface area (Å²) in [5, 5.41) is 0. The summed E-state index contributed by atoms with van der Waals surface area (Å²) in [6.07, 6.45) is 7.20. The van der Waals surface area contributed by atoms with Gasteiger partial charge in [0, 0.05) is 51.4 Å². The van der Waals surface area contributed by atoms with Crippen LogP contribution < -0.4 is 5.73 Å². The summed E-state index contributed by atoms with van der Waals surface area (Å²) in [4.78, 5) is 31.2. The number of likely N-dealkylation sites (N-methyl/N-ethyl adjacent to an activating group) is 1. The van der Waals surface area contributed by atoms with Gasteiger partial charge in [0.2, 0.25) is 11.8 Å². The summed E-state index contributed by atoms with van der Waals surface area (Å²) in [5.74, 6) is 0.389.